The van der Waals surface area contributed by atoms with Gasteiger partial charge in [-0.1, -0.05) is 11.6 Å². The molecule has 0 atom stereocenters. The minimum Gasteiger partial charge on any atom is -0.465 e. The maximum Gasteiger partial charge on any atom is 0.339 e. The third kappa shape index (κ3) is 3.95. The first kappa shape index (κ1) is 19.7. The summed E-state index contributed by atoms with van der Waals surface area (Å²) in [5.41, 5.74) is 5.80. The van der Waals surface area contributed by atoms with Gasteiger partial charge >= 0.3 is 5.97 Å². The highest BCUT2D eigenvalue weighted by Crippen LogP contribution is 2.33. The minimum absolute atomic E-state index is 0.110. The Balaban J connectivity index is 1.86. The number of carbonyl (C=O) groups excluding carboxylic acids is 4. The van der Waals surface area contributed by atoms with Crippen LogP contribution in [0.2, 0.25) is 5.02 Å². The summed E-state index contributed by atoms with van der Waals surface area (Å²) < 4.78 is 10.4. The Morgan fingerprint density at radius 1 is 1.29 bits per heavy atom. The Morgan fingerprint density at radius 2 is 2.04 bits per heavy atom. The van der Waals surface area contributed by atoms with Crippen molar-refractivity contribution in [2.45, 2.75) is 0 Å². The van der Waals surface area contributed by atoms with Gasteiger partial charge in [-0.05, 0) is 42.1 Å². The molecule has 0 radical (unpaired) electrons. The second-order valence-electron chi connectivity index (χ2n) is 5.62. The smallest absolute Gasteiger partial charge is 0.339 e. The molecule has 0 aliphatic carbocycles. The molecule has 0 unspecified atom stereocenters. The Morgan fingerprint density at radius 3 is 2.71 bits per heavy atom. The summed E-state index contributed by atoms with van der Waals surface area (Å²) in [7, 11) is 1.25. The number of furan rings is 1. The van der Waals surface area contributed by atoms with Crippen molar-refractivity contribution in [3.63, 3.8) is 0 Å². The Labute approximate surface area is 168 Å². The fourth-order valence-corrected chi connectivity index (χ4v) is 3.46. The number of hydrogen-bond donors (Lipinski definition) is 1. The molecule has 3 amide bonds. The van der Waals surface area contributed by atoms with E-state index in [0.29, 0.717) is 28.8 Å². The number of imide groups is 1. The summed E-state index contributed by atoms with van der Waals surface area (Å²) in [5, 5.41) is -0.340. The van der Waals surface area contributed by atoms with E-state index in [1.54, 1.807) is 24.3 Å². The summed E-state index contributed by atoms with van der Waals surface area (Å²) in [6.07, 6.45) is 1.40. The van der Waals surface area contributed by atoms with Crippen LogP contribution in [0.1, 0.15) is 16.1 Å². The molecule has 1 fully saturated rings. The van der Waals surface area contributed by atoms with Crippen molar-refractivity contribution in [3.05, 3.63) is 51.6 Å². The number of methoxy groups -OCH3 is 1. The summed E-state index contributed by atoms with van der Waals surface area (Å²) in [6, 6.07) is 7.98. The van der Waals surface area contributed by atoms with Gasteiger partial charge in [-0.15, -0.1) is 0 Å². The lowest BCUT2D eigenvalue weighted by molar-refractivity contribution is -0.127. The molecule has 10 heteroatoms. The fourth-order valence-electron chi connectivity index (χ4n) is 2.45. The number of benzene rings is 1. The molecule has 3 rings (SSSR count). The predicted octanol–water partition coefficient (Wildman–Crippen LogP) is 2.91. The van der Waals surface area contributed by atoms with Gasteiger partial charge in [0.15, 0.2) is 0 Å². The maximum absolute atomic E-state index is 12.2. The van der Waals surface area contributed by atoms with Gasteiger partial charge in [0.25, 0.3) is 11.1 Å². The standard InChI is InChI=1S/C18H13ClN2O6S/c1-26-17(24)11-6-9(2-4-12(11)19)13-5-3-10(27-13)7-14-16(23)21(8-15(20)22)18(25)28-14/h2-7H,8H2,1H3,(H2,20,22)/b14-7-. The summed E-state index contributed by atoms with van der Waals surface area (Å²) in [4.78, 5) is 47.7. The Kier molecular flexibility index (Phi) is 5.57. The van der Waals surface area contributed by atoms with Crippen molar-refractivity contribution in [1.82, 2.24) is 4.90 Å². The van der Waals surface area contributed by atoms with Crippen LogP contribution >= 0.6 is 23.4 Å². The molecule has 0 saturated carbocycles. The van der Waals surface area contributed by atoms with Crippen LogP contribution in [-0.4, -0.2) is 41.6 Å². The quantitative estimate of drug-likeness (QED) is 0.583. The van der Waals surface area contributed by atoms with Crippen molar-refractivity contribution in [3.8, 4) is 11.3 Å². The van der Waals surface area contributed by atoms with Gasteiger partial charge in [0, 0.05) is 11.6 Å². The van der Waals surface area contributed by atoms with Crippen LogP contribution in [0.25, 0.3) is 17.4 Å². The number of hydrogen-bond acceptors (Lipinski definition) is 7. The molecule has 0 bridgehead atoms. The highest BCUT2D eigenvalue weighted by molar-refractivity contribution is 8.18. The van der Waals surface area contributed by atoms with Gasteiger partial charge in [0.1, 0.15) is 18.1 Å². The zero-order chi connectivity index (χ0) is 20.4. The zero-order valence-electron chi connectivity index (χ0n) is 14.4. The van der Waals surface area contributed by atoms with E-state index < -0.39 is 29.6 Å². The average molecular weight is 421 g/mol. The van der Waals surface area contributed by atoms with Gasteiger partial charge < -0.3 is 14.9 Å². The average Bonchev–Trinajstić information content (AvgIpc) is 3.22. The molecule has 8 nitrogen and oxygen atoms in total. The van der Waals surface area contributed by atoms with E-state index >= 15 is 0 Å². The van der Waals surface area contributed by atoms with Crippen molar-refractivity contribution in [1.29, 1.82) is 0 Å². The van der Waals surface area contributed by atoms with Crippen LogP contribution in [0.4, 0.5) is 4.79 Å². The van der Waals surface area contributed by atoms with Crippen molar-refractivity contribution in [2.75, 3.05) is 13.7 Å². The molecular formula is C18H13ClN2O6S. The highest BCUT2D eigenvalue weighted by atomic mass is 35.5. The van der Waals surface area contributed by atoms with Crippen LogP contribution in [-0.2, 0) is 14.3 Å². The lowest BCUT2D eigenvalue weighted by atomic mass is 10.1. The predicted molar refractivity (Wildman–Crippen MR) is 102 cm³/mol. The minimum atomic E-state index is -0.784. The summed E-state index contributed by atoms with van der Waals surface area (Å²) in [5.74, 6) is -1.25. The molecule has 2 heterocycles. The molecule has 2 N–H and O–H groups in total. The van der Waals surface area contributed by atoms with Gasteiger partial charge in [-0.3, -0.25) is 19.3 Å². The first-order valence-corrected chi connectivity index (χ1v) is 9.01. The van der Waals surface area contributed by atoms with Gasteiger partial charge in [0.05, 0.1) is 22.6 Å². The van der Waals surface area contributed by atoms with Gasteiger partial charge in [-0.2, -0.15) is 0 Å². The number of primary amides is 1. The monoisotopic (exact) mass is 420 g/mol. The largest absolute Gasteiger partial charge is 0.465 e. The molecule has 1 aromatic carbocycles. The van der Waals surface area contributed by atoms with Crippen LogP contribution in [0, 0.1) is 0 Å². The van der Waals surface area contributed by atoms with Crippen molar-refractivity contribution in [2.24, 2.45) is 5.73 Å². The number of thioether (sulfide) groups is 1. The van der Waals surface area contributed by atoms with E-state index in [4.69, 9.17) is 21.8 Å². The molecule has 144 valence electrons. The number of carbonyl (C=O) groups is 4. The van der Waals surface area contributed by atoms with E-state index in [1.165, 1.54) is 19.3 Å². The fraction of sp³-hybridized carbons (Fsp3) is 0.111. The zero-order valence-corrected chi connectivity index (χ0v) is 16.0. The van der Waals surface area contributed by atoms with Crippen LogP contribution in [0.15, 0.2) is 39.7 Å². The molecule has 28 heavy (non-hydrogen) atoms. The van der Waals surface area contributed by atoms with E-state index in [-0.39, 0.29) is 15.5 Å². The Bertz CT molecular complexity index is 1030. The third-order valence-electron chi connectivity index (χ3n) is 3.74. The number of nitrogens with zero attached hydrogens (tertiary/aromatic N) is 1. The number of amides is 3. The summed E-state index contributed by atoms with van der Waals surface area (Å²) >= 11 is 6.69. The highest BCUT2D eigenvalue weighted by Gasteiger charge is 2.36. The Hall–Kier alpha value is -3.04. The first-order valence-electron chi connectivity index (χ1n) is 7.82. The van der Waals surface area contributed by atoms with E-state index in [1.807, 2.05) is 0 Å². The van der Waals surface area contributed by atoms with Gasteiger partial charge in [0.2, 0.25) is 5.91 Å². The van der Waals surface area contributed by atoms with E-state index in [2.05, 4.69) is 4.74 Å². The topological polar surface area (TPSA) is 120 Å². The maximum atomic E-state index is 12.2. The number of rotatable bonds is 5. The normalized spacial score (nSPS) is 15.4. The molecular weight excluding hydrogens is 408 g/mol. The second-order valence-corrected chi connectivity index (χ2v) is 7.02. The van der Waals surface area contributed by atoms with Crippen molar-refractivity contribution >= 4 is 52.5 Å². The lowest BCUT2D eigenvalue weighted by Gasteiger charge is -2.08. The molecule has 1 aliphatic heterocycles. The molecule has 1 aromatic heterocycles. The van der Waals surface area contributed by atoms with Crippen LogP contribution in [0.5, 0.6) is 0 Å². The molecule has 1 aliphatic rings. The number of ether oxygens (including phenoxy) is 1. The first-order chi connectivity index (χ1) is 13.3. The number of nitrogens with two attached hydrogens (primary N) is 1. The molecule has 1 saturated heterocycles. The number of esters is 1. The van der Waals surface area contributed by atoms with Gasteiger partial charge in [-0.25, -0.2) is 4.79 Å². The lowest BCUT2D eigenvalue weighted by Crippen LogP contribution is -2.36. The molecule has 0 spiro atoms. The molecule has 2 aromatic rings. The van der Waals surface area contributed by atoms with E-state index in [9.17, 15) is 19.2 Å². The SMILES string of the molecule is COC(=O)c1cc(-c2ccc(/C=C3\SC(=O)N(CC(N)=O)C3=O)o2)ccc1Cl. The third-order valence-corrected chi connectivity index (χ3v) is 4.98. The van der Waals surface area contributed by atoms with E-state index in [0.717, 1.165) is 4.90 Å². The second kappa shape index (κ2) is 7.91. The van der Waals surface area contributed by atoms with Crippen molar-refractivity contribution < 1.29 is 28.3 Å². The summed E-state index contributed by atoms with van der Waals surface area (Å²) in [6.45, 7) is -0.480. The van der Waals surface area contributed by atoms with Crippen LogP contribution < -0.4 is 5.73 Å². The number of halogens is 1. The van der Waals surface area contributed by atoms with Crippen LogP contribution in [0.3, 0.4) is 0 Å².